The largest absolute Gasteiger partial charge is 0.378 e. The number of hydrogen-bond donors (Lipinski definition) is 0. The molecule has 6 nitrogen and oxygen atoms in total. The van der Waals surface area contributed by atoms with Gasteiger partial charge in [0, 0.05) is 26.2 Å². The van der Waals surface area contributed by atoms with E-state index in [2.05, 4.69) is 9.80 Å². The van der Waals surface area contributed by atoms with Gasteiger partial charge in [0.25, 0.3) is 0 Å². The van der Waals surface area contributed by atoms with Crippen LogP contribution < -0.4 is 0 Å². The first-order chi connectivity index (χ1) is 15.7. The van der Waals surface area contributed by atoms with Crippen molar-refractivity contribution in [2.45, 2.75) is 51.4 Å². The fourth-order valence-corrected chi connectivity index (χ4v) is 8.11. The van der Waals surface area contributed by atoms with Gasteiger partial charge in [-0.25, -0.2) is 0 Å². The molecule has 4 aliphatic carbocycles. The molecule has 2 saturated heterocycles. The fraction of sp³-hybridized carbons (Fsp3) is 1.00. The minimum atomic E-state index is 0.600. The lowest BCUT2D eigenvalue weighted by Gasteiger charge is -2.63. The summed E-state index contributed by atoms with van der Waals surface area (Å²) in [6.07, 6.45) is 11.7. The van der Waals surface area contributed by atoms with Gasteiger partial charge in [-0.1, -0.05) is 0 Å². The lowest BCUT2D eigenvalue weighted by Crippen LogP contribution is -2.53. The molecule has 6 aliphatic rings. The van der Waals surface area contributed by atoms with E-state index >= 15 is 0 Å². The Bertz CT molecular complexity index is 508. The highest BCUT2D eigenvalue weighted by molar-refractivity contribution is 5.07. The normalized spacial score (nSPS) is 45.0. The molecule has 2 aliphatic heterocycles. The maximum absolute atomic E-state index is 5.92. The lowest BCUT2D eigenvalue weighted by molar-refractivity contribution is -0.122. The quantitative estimate of drug-likeness (QED) is 0.565. The zero-order chi connectivity index (χ0) is 21.7. The smallest absolute Gasteiger partial charge is 0.0701 e. The van der Waals surface area contributed by atoms with Gasteiger partial charge in [0.15, 0.2) is 0 Å². The molecule has 0 unspecified atom stereocenters. The molecule has 184 valence electrons. The Morgan fingerprint density at radius 1 is 0.469 bits per heavy atom. The predicted octanol–water partition coefficient (Wildman–Crippen LogP) is 3.05. The highest BCUT2D eigenvalue weighted by Gasteiger charge is 2.56. The second kappa shape index (κ2) is 11.0. The summed E-state index contributed by atoms with van der Waals surface area (Å²) in [4.78, 5) is 5.20. The van der Waals surface area contributed by atoms with Gasteiger partial charge in [0.2, 0.25) is 0 Å². The molecule has 2 heterocycles. The first kappa shape index (κ1) is 23.5. The molecule has 0 atom stereocenters. The molecule has 6 bridgehead atoms. The molecule has 6 rings (SSSR count). The van der Waals surface area contributed by atoms with Crippen molar-refractivity contribution in [1.82, 2.24) is 9.80 Å². The van der Waals surface area contributed by atoms with E-state index in [1.807, 2.05) is 0 Å². The summed E-state index contributed by atoms with van der Waals surface area (Å²) in [6, 6.07) is 0. The van der Waals surface area contributed by atoms with Gasteiger partial charge in [-0.05, 0) is 87.1 Å². The van der Waals surface area contributed by atoms with E-state index in [1.54, 1.807) is 0 Å². The van der Waals surface area contributed by atoms with Gasteiger partial charge in [-0.2, -0.15) is 0 Å². The number of nitrogens with zero attached hydrogens (tertiary/aromatic N) is 2. The zero-order valence-electron chi connectivity index (χ0n) is 20.2. The van der Waals surface area contributed by atoms with Gasteiger partial charge in [-0.15, -0.1) is 0 Å². The van der Waals surface area contributed by atoms with E-state index in [0.29, 0.717) is 37.3 Å². The molecule has 0 amide bonds. The average molecular weight is 451 g/mol. The summed E-state index contributed by atoms with van der Waals surface area (Å²) in [5.74, 6) is 1.97. The fourth-order valence-electron chi connectivity index (χ4n) is 8.11. The van der Waals surface area contributed by atoms with E-state index in [0.717, 1.165) is 64.4 Å². The van der Waals surface area contributed by atoms with Crippen molar-refractivity contribution in [1.29, 1.82) is 0 Å². The van der Waals surface area contributed by atoms with Crippen LogP contribution in [-0.2, 0) is 18.9 Å². The van der Waals surface area contributed by atoms with Crippen molar-refractivity contribution < 1.29 is 18.9 Å². The minimum absolute atomic E-state index is 0.600. The average Bonchev–Trinajstić information content (AvgIpc) is 2.76. The van der Waals surface area contributed by atoms with Crippen LogP contribution in [0.2, 0.25) is 0 Å². The Labute approximate surface area is 195 Å². The predicted molar refractivity (Wildman–Crippen MR) is 125 cm³/mol. The van der Waals surface area contributed by atoms with Gasteiger partial charge in [-0.3, -0.25) is 9.80 Å². The molecule has 0 aromatic carbocycles. The second-order valence-electron chi connectivity index (χ2n) is 11.6. The van der Waals surface area contributed by atoms with Crippen molar-refractivity contribution in [3.8, 4) is 0 Å². The highest BCUT2D eigenvalue weighted by atomic mass is 16.5. The Morgan fingerprint density at radius 3 is 1.22 bits per heavy atom. The van der Waals surface area contributed by atoms with Crippen molar-refractivity contribution in [2.75, 3.05) is 92.1 Å². The van der Waals surface area contributed by atoms with Gasteiger partial charge < -0.3 is 18.9 Å². The van der Waals surface area contributed by atoms with Crippen LogP contribution in [-0.4, -0.2) is 102 Å². The third-order valence-corrected chi connectivity index (χ3v) is 9.17. The Morgan fingerprint density at radius 2 is 0.844 bits per heavy atom. The first-order valence-electron chi connectivity index (χ1n) is 13.5. The zero-order valence-corrected chi connectivity index (χ0v) is 20.2. The third-order valence-electron chi connectivity index (χ3n) is 9.17. The van der Waals surface area contributed by atoms with Crippen LogP contribution in [0, 0.1) is 22.7 Å². The van der Waals surface area contributed by atoms with E-state index < -0.39 is 0 Å². The van der Waals surface area contributed by atoms with Crippen LogP contribution in [0.15, 0.2) is 0 Å². The van der Waals surface area contributed by atoms with E-state index in [-0.39, 0.29) is 0 Å². The van der Waals surface area contributed by atoms with E-state index in [4.69, 9.17) is 18.9 Å². The second-order valence-corrected chi connectivity index (χ2v) is 11.6. The molecule has 0 N–H and O–H groups in total. The van der Waals surface area contributed by atoms with Crippen molar-refractivity contribution in [3.63, 3.8) is 0 Å². The van der Waals surface area contributed by atoms with Gasteiger partial charge >= 0.3 is 0 Å². The SMILES string of the molecule is C1COCCN2CCOCCOCCN(CCO1)CCC13CC4CC(C1)CC(CC2)(C4)C3. The van der Waals surface area contributed by atoms with Gasteiger partial charge in [0.05, 0.1) is 52.9 Å². The van der Waals surface area contributed by atoms with E-state index in [9.17, 15) is 0 Å². The molecule has 0 aromatic heterocycles. The van der Waals surface area contributed by atoms with Crippen LogP contribution in [0.5, 0.6) is 0 Å². The molecule has 4 saturated carbocycles. The molecule has 6 fully saturated rings. The summed E-state index contributed by atoms with van der Waals surface area (Å²) in [5.41, 5.74) is 1.20. The number of ether oxygens (including phenoxy) is 4. The van der Waals surface area contributed by atoms with Crippen LogP contribution in [0.1, 0.15) is 51.4 Å². The van der Waals surface area contributed by atoms with Crippen LogP contribution in [0.25, 0.3) is 0 Å². The minimum Gasteiger partial charge on any atom is -0.378 e. The molecule has 2 spiro atoms. The van der Waals surface area contributed by atoms with Crippen molar-refractivity contribution >= 4 is 0 Å². The third kappa shape index (κ3) is 6.05. The van der Waals surface area contributed by atoms with E-state index in [1.165, 1.54) is 64.5 Å². The van der Waals surface area contributed by atoms with Crippen molar-refractivity contribution in [2.24, 2.45) is 22.7 Å². The van der Waals surface area contributed by atoms with Crippen LogP contribution >= 0.6 is 0 Å². The lowest BCUT2D eigenvalue weighted by atomic mass is 9.43. The summed E-state index contributed by atoms with van der Waals surface area (Å²) < 4.78 is 23.7. The summed E-state index contributed by atoms with van der Waals surface area (Å²) in [5, 5.41) is 0. The maximum Gasteiger partial charge on any atom is 0.0701 e. The summed E-state index contributed by atoms with van der Waals surface area (Å²) >= 11 is 0. The topological polar surface area (TPSA) is 43.4 Å². The molecular weight excluding hydrogens is 404 g/mol. The monoisotopic (exact) mass is 450 g/mol. The van der Waals surface area contributed by atoms with Crippen molar-refractivity contribution in [3.05, 3.63) is 0 Å². The molecule has 0 aromatic rings. The molecule has 6 heteroatoms. The molecular formula is C26H46N2O4. The number of hydrogen-bond acceptors (Lipinski definition) is 6. The summed E-state index contributed by atoms with van der Waals surface area (Å²) in [6.45, 7) is 12.4. The Balaban J connectivity index is 1.35. The van der Waals surface area contributed by atoms with Gasteiger partial charge in [0.1, 0.15) is 0 Å². The number of rotatable bonds is 0. The summed E-state index contributed by atoms with van der Waals surface area (Å²) in [7, 11) is 0. The standard InChI is InChI=1S/C26H46N2O4/c1-3-27-5-9-29-13-15-31-11-7-28(8-12-32-16-14-30-10-6-27)4-2-26-20-23-17-24(21-26)19-25(1,18-23)22-26/h23-24H,1-22H2. The van der Waals surface area contributed by atoms with Crippen LogP contribution in [0.4, 0.5) is 0 Å². The maximum atomic E-state index is 5.92. The molecule has 0 radical (unpaired) electrons. The van der Waals surface area contributed by atoms with Crippen LogP contribution in [0.3, 0.4) is 0 Å². The highest BCUT2D eigenvalue weighted by Crippen LogP contribution is 2.67. The first-order valence-corrected chi connectivity index (χ1v) is 13.5. The Hall–Kier alpha value is -0.240. The Kier molecular flexibility index (Phi) is 8.08. The number of fused-ring (bicyclic) bond motifs is 4. The molecule has 32 heavy (non-hydrogen) atoms.